The molecule has 1 N–H and O–H groups in total. The zero-order valence-corrected chi connectivity index (χ0v) is 17.5. The van der Waals surface area contributed by atoms with Crippen molar-refractivity contribution in [3.63, 3.8) is 0 Å². The van der Waals surface area contributed by atoms with Crippen LogP contribution in [0.15, 0.2) is 33.8 Å². The summed E-state index contributed by atoms with van der Waals surface area (Å²) in [6.07, 6.45) is 11.4. The van der Waals surface area contributed by atoms with Gasteiger partial charge in [0.25, 0.3) is 0 Å². The lowest BCUT2D eigenvalue weighted by Gasteiger charge is -2.40. The number of nitrogens with zero attached hydrogens (tertiary/aromatic N) is 3. The molecule has 3 aliphatic rings. The van der Waals surface area contributed by atoms with Gasteiger partial charge in [-0.2, -0.15) is 5.26 Å². The fourth-order valence-corrected chi connectivity index (χ4v) is 6.17. The second kappa shape index (κ2) is 7.20. The number of piperidine rings is 1. The molecule has 2 aliphatic carbocycles. The molecule has 0 spiro atoms. The molecule has 3 heterocycles. The zero-order valence-electron chi connectivity index (χ0n) is 15.9. The Morgan fingerprint density at radius 1 is 1.29 bits per heavy atom. The van der Waals surface area contributed by atoms with E-state index >= 15 is 0 Å². The van der Waals surface area contributed by atoms with Crippen molar-refractivity contribution < 1.29 is 4.42 Å². The molecule has 3 atom stereocenters. The first-order valence-electron chi connectivity index (χ1n) is 10.3. The number of aromatic nitrogens is 1. The van der Waals surface area contributed by atoms with E-state index in [-0.39, 0.29) is 0 Å². The Hall–Kier alpha value is -1.84. The van der Waals surface area contributed by atoms with Crippen molar-refractivity contribution in [2.75, 3.05) is 11.9 Å². The van der Waals surface area contributed by atoms with Gasteiger partial charge >= 0.3 is 0 Å². The largest absolute Gasteiger partial charge is 0.444 e. The molecule has 2 bridgehead atoms. The summed E-state index contributed by atoms with van der Waals surface area (Å²) in [5, 5.41) is 13.5. The van der Waals surface area contributed by atoms with E-state index in [1.807, 2.05) is 6.07 Å². The first-order valence-corrected chi connectivity index (χ1v) is 11.1. The Morgan fingerprint density at radius 3 is 2.79 bits per heavy atom. The molecule has 146 valence electrons. The lowest BCUT2D eigenvalue weighted by Crippen LogP contribution is -2.45. The number of allylic oxidation sites excluding steroid dienone is 1. The Balaban J connectivity index is 1.21. The third-order valence-corrected chi connectivity index (χ3v) is 7.88. The highest BCUT2D eigenvalue weighted by atomic mass is 79.9. The van der Waals surface area contributed by atoms with Crippen LogP contribution < -0.4 is 5.32 Å². The van der Waals surface area contributed by atoms with Crippen molar-refractivity contribution in [3.05, 3.63) is 35.2 Å². The number of hydrogen-bond donors (Lipinski definition) is 1. The summed E-state index contributed by atoms with van der Waals surface area (Å²) in [6, 6.07) is 5.79. The van der Waals surface area contributed by atoms with Crippen LogP contribution in [-0.4, -0.2) is 34.6 Å². The minimum absolute atomic E-state index is 0.314. The van der Waals surface area contributed by atoms with Crippen LogP contribution in [0.1, 0.15) is 44.3 Å². The predicted molar refractivity (Wildman–Crippen MR) is 113 cm³/mol. The molecule has 0 radical (unpaired) electrons. The maximum absolute atomic E-state index is 9.04. The maximum Gasteiger partial charge on any atom is 0.204 e. The number of fused-ring (bicyclic) bond motifs is 3. The van der Waals surface area contributed by atoms with Crippen LogP contribution in [0, 0.1) is 23.2 Å². The van der Waals surface area contributed by atoms with Gasteiger partial charge in [-0.1, -0.05) is 6.08 Å². The van der Waals surface area contributed by atoms with Gasteiger partial charge in [0, 0.05) is 36.1 Å². The molecule has 0 aromatic carbocycles. The second-order valence-electron chi connectivity index (χ2n) is 8.55. The number of rotatable bonds is 4. The van der Waals surface area contributed by atoms with Crippen molar-refractivity contribution in [1.29, 1.82) is 5.26 Å². The van der Waals surface area contributed by atoms with Crippen LogP contribution in [0.25, 0.3) is 11.0 Å². The van der Waals surface area contributed by atoms with Crippen LogP contribution in [0.3, 0.4) is 0 Å². The highest BCUT2D eigenvalue weighted by molar-refractivity contribution is 9.10. The molecule has 2 saturated carbocycles. The average molecular weight is 441 g/mol. The molecule has 6 heteroatoms. The third kappa shape index (κ3) is 3.05. The number of likely N-dealkylation sites (tertiary alicyclic amines) is 1. The van der Waals surface area contributed by atoms with Crippen molar-refractivity contribution in [2.24, 2.45) is 11.8 Å². The summed E-state index contributed by atoms with van der Waals surface area (Å²) in [7, 11) is 0. The van der Waals surface area contributed by atoms with Crippen LogP contribution in [0.5, 0.6) is 0 Å². The van der Waals surface area contributed by atoms with E-state index in [4.69, 9.17) is 9.68 Å². The fourth-order valence-electron chi connectivity index (χ4n) is 5.64. The number of nitriles is 1. The summed E-state index contributed by atoms with van der Waals surface area (Å²) in [5.74, 6) is 2.75. The highest BCUT2D eigenvalue weighted by Gasteiger charge is 2.45. The Kier molecular flexibility index (Phi) is 4.68. The molecule has 2 aromatic heterocycles. The number of nitrogens with one attached hydrogen (secondary N) is 1. The van der Waals surface area contributed by atoms with E-state index < -0.39 is 0 Å². The molecule has 3 unspecified atom stereocenters. The fraction of sp³-hybridized carbons (Fsp3) is 0.545. The minimum Gasteiger partial charge on any atom is -0.444 e. The molecule has 1 saturated heterocycles. The summed E-state index contributed by atoms with van der Waals surface area (Å²) >= 11 is 3.64. The molecule has 5 nitrogen and oxygen atoms in total. The first kappa shape index (κ1) is 18.2. The molecular weight excluding hydrogens is 416 g/mol. The van der Waals surface area contributed by atoms with Gasteiger partial charge < -0.3 is 9.73 Å². The van der Waals surface area contributed by atoms with Crippen molar-refractivity contribution in [2.45, 2.75) is 56.7 Å². The monoisotopic (exact) mass is 440 g/mol. The van der Waals surface area contributed by atoms with Gasteiger partial charge in [-0.25, -0.2) is 4.98 Å². The number of pyridine rings is 1. The first-order chi connectivity index (χ1) is 13.7. The van der Waals surface area contributed by atoms with Gasteiger partial charge in [0.05, 0.1) is 10.7 Å². The quantitative estimate of drug-likeness (QED) is 0.671. The minimum atomic E-state index is 0.314. The van der Waals surface area contributed by atoms with Crippen molar-refractivity contribution >= 4 is 32.7 Å². The van der Waals surface area contributed by atoms with Crippen LogP contribution in [0.2, 0.25) is 0 Å². The lowest BCUT2D eigenvalue weighted by molar-refractivity contribution is 0.104. The van der Waals surface area contributed by atoms with Gasteiger partial charge in [0.1, 0.15) is 11.9 Å². The molecule has 0 amide bonds. The van der Waals surface area contributed by atoms with Gasteiger partial charge in [-0.15, -0.1) is 6.58 Å². The van der Waals surface area contributed by atoms with E-state index in [0.29, 0.717) is 17.4 Å². The van der Waals surface area contributed by atoms with Gasteiger partial charge in [-0.05, 0) is 66.3 Å². The molecule has 3 fully saturated rings. The summed E-state index contributed by atoms with van der Waals surface area (Å²) < 4.78 is 6.34. The average Bonchev–Trinajstić information content (AvgIpc) is 3.44. The SMILES string of the molecule is C=CC1CC2CC1CN2C1CCC(Nc2ncc3oc(C#N)cc3c2Br)CC1. The van der Waals surface area contributed by atoms with Gasteiger partial charge in [0.15, 0.2) is 5.58 Å². The number of hydrogen-bond acceptors (Lipinski definition) is 5. The number of furan rings is 1. The maximum atomic E-state index is 9.04. The number of halogens is 1. The highest BCUT2D eigenvalue weighted by Crippen LogP contribution is 2.45. The lowest BCUT2D eigenvalue weighted by atomic mass is 9.87. The van der Waals surface area contributed by atoms with Gasteiger partial charge in [-0.3, -0.25) is 4.90 Å². The van der Waals surface area contributed by atoms with E-state index in [1.165, 1.54) is 45.1 Å². The van der Waals surface area contributed by atoms with Crippen LogP contribution >= 0.6 is 15.9 Å². The topological polar surface area (TPSA) is 65.1 Å². The van der Waals surface area contributed by atoms with Gasteiger partial charge in [0.2, 0.25) is 5.76 Å². The van der Waals surface area contributed by atoms with Crippen molar-refractivity contribution in [1.82, 2.24) is 9.88 Å². The summed E-state index contributed by atoms with van der Waals surface area (Å²) in [6.45, 7) is 5.30. The Morgan fingerprint density at radius 2 is 2.11 bits per heavy atom. The molecule has 5 rings (SSSR count). The molecule has 2 aromatic rings. The van der Waals surface area contributed by atoms with E-state index in [9.17, 15) is 0 Å². The summed E-state index contributed by atoms with van der Waals surface area (Å²) in [5.41, 5.74) is 0.639. The molecule has 1 aliphatic heterocycles. The Labute approximate surface area is 173 Å². The molecular formula is C22H25BrN4O. The van der Waals surface area contributed by atoms with E-state index in [0.717, 1.165) is 39.6 Å². The van der Waals surface area contributed by atoms with E-state index in [1.54, 1.807) is 12.3 Å². The smallest absolute Gasteiger partial charge is 0.204 e. The summed E-state index contributed by atoms with van der Waals surface area (Å²) in [4.78, 5) is 7.31. The standard InChI is InChI=1S/C22H25BrN4O/c1-2-13-7-17-8-14(13)12-27(17)16-5-3-15(4-6-16)26-22-21(23)19-9-18(10-24)28-20(19)11-25-22/h2,9,11,13-17H,1,3-8,12H2,(H,25,26). The van der Waals surface area contributed by atoms with Crippen molar-refractivity contribution in [3.8, 4) is 6.07 Å². The van der Waals surface area contributed by atoms with Crippen LogP contribution in [0.4, 0.5) is 5.82 Å². The number of anilines is 1. The second-order valence-corrected chi connectivity index (χ2v) is 9.35. The van der Waals surface area contributed by atoms with Crippen LogP contribution in [-0.2, 0) is 0 Å². The Bertz CT molecular complexity index is 940. The third-order valence-electron chi connectivity index (χ3n) is 7.07. The van der Waals surface area contributed by atoms with E-state index in [2.05, 4.69) is 43.8 Å². The predicted octanol–water partition coefficient (Wildman–Crippen LogP) is 5.08. The normalized spacial score (nSPS) is 32.5. The zero-order chi connectivity index (χ0) is 19.3. The molecule has 28 heavy (non-hydrogen) atoms.